The summed E-state index contributed by atoms with van der Waals surface area (Å²) in [7, 11) is 0. The van der Waals surface area contributed by atoms with Crippen LogP contribution in [0.3, 0.4) is 0 Å². The Morgan fingerprint density at radius 2 is 2.06 bits per heavy atom. The lowest BCUT2D eigenvalue weighted by molar-refractivity contribution is -0.116. The molecule has 0 aliphatic rings. The number of alkyl halides is 3. The Hall–Kier alpha value is -1.10. The molecule has 86 valence electrons. The maximum atomic E-state index is 12.7. The molecule has 2 nitrogen and oxygen atoms in total. The van der Waals surface area contributed by atoms with Crippen LogP contribution in [0.1, 0.15) is 39.7 Å². The molecule has 0 heterocycles. The summed E-state index contributed by atoms with van der Waals surface area (Å²) < 4.78 is 25.4. The van der Waals surface area contributed by atoms with Crippen LogP contribution in [0.25, 0.3) is 0 Å². The van der Waals surface area contributed by atoms with E-state index in [1.165, 1.54) is 25.1 Å². The number of carbonyl (C=O) groups is 2. The summed E-state index contributed by atoms with van der Waals surface area (Å²) in [5.41, 5.74) is -0.128. The molecule has 0 saturated heterocycles. The Morgan fingerprint density at radius 1 is 1.44 bits per heavy atom. The molecule has 0 aliphatic carbocycles. The van der Waals surface area contributed by atoms with Gasteiger partial charge in [-0.3, -0.25) is 9.59 Å². The Balaban J connectivity index is 3.41. The van der Waals surface area contributed by atoms with Crippen LogP contribution in [0, 0.1) is 0 Å². The highest BCUT2D eigenvalue weighted by atomic mass is 79.9. The lowest BCUT2D eigenvalue weighted by atomic mass is 9.97. The van der Waals surface area contributed by atoms with Gasteiger partial charge in [-0.1, -0.05) is 34.1 Å². The Kier molecular flexibility index (Phi) is 4.29. The van der Waals surface area contributed by atoms with Crippen molar-refractivity contribution in [2.24, 2.45) is 0 Å². The second kappa shape index (κ2) is 5.30. The number of aldehydes is 1. The zero-order valence-electron chi connectivity index (χ0n) is 8.41. The maximum Gasteiger partial charge on any atom is 0.264 e. The maximum absolute atomic E-state index is 12.7. The summed E-state index contributed by atoms with van der Waals surface area (Å²) in [6.45, 7) is 1.27. The highest BCUT2D eigenvalue weighted by Gasteiger charge is 2.24. The number of hydrogen-bond acceptors (Lipinski definition) is 2. The molecular weight excluding hydrogens is 282 g/mol. The van der Waals surface area contributed by atoms with Crippen molar-refractivity contribution < 1.29 is 18.4 Å². The smallest absolute Gasteiger partial charge is 0.264 e. The van der Waals surface area contributed by atoms with Gasteiger partial charge in [-0.2, -0.15) is 0 Å². The second-order valence-corrected chi connectivity index (χ2v) is 4.16. The summed E-state index contributed by atoms with van der Waals surface area (Å²) in [5.74, 6) is -0.323. The van der Waals surface area contributed by atoms with E-state index in [1.54, 1.807) is 0 Å². The molecule has 5 heteroatoms. The van der Waals surface area contributed by atoms with Crippen molar-refractivity contribution in [1.29, 1.82) is 0 Å². The molecule has 0 aromatic heterocycles. The minimum absolute atomic E-state index is 0.0556. The minimum atomic E-state index is -2.71. The van der Waals surface area contributed by atoms with Gasteiger partial charge in [0.25, 0.3) is 6.43 Å². The summed E-state index contributed by atoms with van der Waals surface area (Å²) in [5, 5.41) is 0. The first-order valence-corrected chi connectivity index (χ1v) is 5.41. The van der Waals surface area contributed by atoms with Crippen molar-refractivity contribution in [1.82, 2.24) is 0 Å². The van der Waals surface area contributed by atoms with E-state index in [2.05, 4.69) is 15.9 Å². The number of ketones is 1. The van der Waals surface area contributed by atoms with Crippen molar-refractivity contribution in [3.63, 3.8) is 0 Å². The average Bonchev–Trinajstić information content (AvgIpc) is 2.26. The molecule has 0 aliphatic heterocycles. The molecule has 1 unspecified atom stereocenters. The number of hydrogen-bond donors (Lipinski definition) is 0. The quantitative estimate of drug-likeness (QED) is 0.629. The van der Waals surface area contributed by atoms with Crippen LogP contribution in [-0.2, 0) is 4.79 Å². The highest BCUT2D eigenvalue weighted by Crippen LogP contribution is 2.34. The molecule has 0 amide bonds. The number of Topliss-reactive ketones (excluding diaryl/α,β-unsaturated/α-hetero) is 1. The van der Waals surface area contributed by atoms with E-state index in [4.69, 9.17) is 0 Å². The van der Waals surface area contributed by atoms with E-state index in [0.717, 1.165) is 0 Å². The SMILES string of the molecule is CC(=O)C(Br)c1c(C=O)cccc1C(F)F. The molecule has 0 radical (unpaired) electrons. The summed E-state index contributed by atoms with van der Waals surface area (Å²) >= 11 is 3.02. The van der Waals surface area contributed by atoms with Gasteiger partial charge in [-0.05, 0) is 12.5 Å². The Bertz CT molecular complexity index is 418. The van der Waals surface area contributed by atoms with E-state index < -0.39 is 11.3 Å². The lowest BCUT2D eigenvalue weighted by Crippen LogP contribution is -2.08. The fraction of sp³-hybridized carbons (Fsp3) is 0.273. The summed E-state index contributed by atoms with van der Waals surface area (Å²) in [6.07, 6.45) is -2.24. The molecule has 0 fully saturated rings. The molecule has 0 saturated carbocycles. The fourth-order valence-electron chi connectivity index (χ4n) is 1.39. The topological polar surface area (TPSA) is 34.1 Å². The molecule has 1 aromatic carbocycles. The van der Waals surface area contributed by atoms with Gasteiger partial charge in [0, 0.05) is 11.1 Å². The molecule has 1 rings (SSSR count). The first-order valence-electron chi connectivity index (χ1n) is 4.49. The van der Waals surface area contributed by atoms with Gasteiger partial charge >= 0.3 is 0 Å². The molecule has 1 aromatic rings. The van der Waals surface area contributed by atoms with Crippen molar-refractivity contribution >= 4 is 28.0 Å². The van der Waals surface area contributed by atoms with E-state index in [0.29, 0.717) is 6.29 Å². The summed E-state index contributed by atoms with van der Waals surface area (Å²) in [6, 6.07) is 3.99. The van der Waals surface area contributed by atoms with Crippen LogP contribution < -0.4 is 0 Å². The van der Waals surface area contributed by atoms with Crippen molar-refractivity contribution in [2.45, 2.75) is 18.2 Å². The third-order valence-electron chi connectivity index (χ3n) is 2.15. The van der Waals surface area contributed by atoms with Crippen LogP contribution in [0.4, 0.5) is 8.78 Å². The minimum Gasteiger partial charge on any atom is -0.298 e. The Morgan fingerprint density at radius 3 is 2.50 bits per heavy atom. The first kappa shape index (κ1) is 13.0. The van der Waals surface area contributed by atoms with Crippen LogP contribution in [-0.4, -0.2) is 12.1 Å². The largest absolute Gasteiger partial charge is 0.298 e. The lowest BCUT2D eigenvalue weighted by Gasteiger charge is -2.14. The Labute approximate surface area is 99.8 Å². The molecule has 16 heavy (non-hydrogen) atoms. The van der Waals surface area contributed by atoms with Crippen molar-refractivity contribution in [2.75, 3.05) is 0 Å². The van der Waals surface area contributed by atoms with E-state index in [1.807, 2.05) is 0 Å². The molecule has 0 N–H and O–H groups in total. The second-order valence-electron chi connectivity index (χ2n) is 3.24. The van der Waals surface area contributed by atoms with E-state index >= 15 is 0 Å². The predicted molar refractivity (Wildman–Crippen MR) is 59.1 cm³/mol. The van der Waals surface area contributed by atoms with Crippen molar-refractivity contribution in [3.05, 3.63) is 34.9 Å². The molecule has 0 bridgehead atoms. The van der Waals surface area contributed by atoms with Crippen LogP contribution >= 0.6 is 15.9 Å². The van der Waals surface area contributed by atoms with Gasteiger partial charge < -0.3 is 0 Å². The van der Waals surface area contributed by atoms with Gasteiger partial charge in [0.15, 0.2) is 0 Å². The first-order chi connectivity index (χ1) is 7.49. The molecule has 1 atom stereocenters. The van der Waals surface area contributed by atoms with Gasteiger partial charge in [-0.25, -0.2) is 8.78 Å². The fourth-order valence-corrected chi connectivity index (χ4v) is 1.92. The van der Waals surface area contributed by atoms with Crippen molar-refractivity contribution in [3.8, 4) is 0 Å². The third-order valence-corrected chi connectivity index (χ3v) is 3.25. The zero-order chi connectivity index (χ0) is 12.3. The van der Waals surface area contributed by atoms with E-state index in [-0.39, 0.29) is 22.5 Å². The number of rotatable bonds is 4. The average molecular weight is 291 g/mol. The standard InChI is InChI=1S/C11H9BrF2O2/c1-6(16)10(12)9-7(5-15)3-2-4-8(9)11(13)14/h2-5,10-11H,1H3. The number of carbonyl (C=O) groups excluding carboxylic acids is 2. The van der Waals surface area contributed by atoms with Gasteiger partial charge in [-0.15, -0.1) is 0 Å². The molecule has 0 spiro atoms. The van der Waals surface area contributed by atoms with Gasteiger partial charge in [0.2, 0.25) is 0 Å². The van der Waals surface area contributed by atoms with Crippen LogP contribution in [0.5, 0.6) is 0 Å². The molecular formula is C11H9BrF2O2. The van der Waals surface area contributed by atoms with Crippen LogP contribution in [0.15, 0.2) is 18.2 Å². The van der Waals surface area contributed by atoms with Crippen LogP contribution in [0.2, 0.25) is 0 Å². The van der Waals surface area contributed by atoms with E-state index in [9.17, 15) is 18.4 Å². The van der Waals surface area contributed by atoms with Gasteiger partial charge in [0.1, 0.15) is 12.1 Å². The highest BCUT2D eigenvalue weighted by molar-refractivity contribution is 9.09. The normalized spacial score (nSPS) is 12.6. The monoisotopic (exact) mass is 290 g/mol. The zero-order valence-corrected chi connectivity index (χ0v) is 10.0. The number of halogens is 3. The summed E-state index contributed by atoms with van der Waals surface area (Å²) in [4.78, 5) is 21.1. The third kappa shape index (κ3) is 2.52. The van der Waals surface area contributed by atoms with Gasteiger partial charge in [0.05, 0.1) is 4.83 Å². The number of benzene rings is 1. The predicted octanol–water partition coefficient (Wildman–Crippen LogP) is 3.46.